The van der Waals surface area contributed by atoms with E-state index in [0.717, 1.165) is 0 Å². The number of rotatable bonds is 0. The van der Waals surface area contributed by atoms with E-state index < -0.39 is 11.5 Å². The van der Waals surface area contributed by atoms with Gasteiger partial charge in [0.15, 0.2) is 11.5 Å². The van der Waals surface area contributed by atoms with E-state index in [-0.39, 0.29) is 11.5 Å². The van der Waals surface area contributed by atoms with Gasteiger partial charge in [0.1, 0.15) is 0 Å². The van der Waals surface area contributed by atoms with Crippen LogP contribution in [0.2, 0.25) is 0 Å². The summed E-state index contributed by atoms with van der Waals surface area (Å²) in [6.45, 7) is 0. The highest BCUT2D eigenvalue weighted by Crippen LogP contribution is 2.49. The van der Waals surface area contributed by atoms with Crippen LogP contribution >= 0.6 is 0 Å². The normalized spacial score (nSPS) is 13.2. The summed E-state index contributed by atoms with van der Waals surface area (Å²) < 4.78 is 0. The number of hydrogen-bond acceptors (Lipinski definition) is 4. The van der Waals surface area contributed by atoms with Gasteiger partial charge in [0.05, 0.1) is 0 Å². The lowest BCUT2D eigenvalue weighted by atomic mass is 10.1. The van der Waals surface area contributed by atoms with Gasteiger partial charge in [-0.2, -0.15) is 0 Å². The monoisotopic (exact) mass is 180 g/mol. The molecular formula is C9H8O4. The fourth-order valence-corrected chi connectivity index (χ4v) is 1.45. The maximum Gasteiger partial charge on any atom is 0.204 e. The van der Waals surface area contributed by atoms with E-state index >= 15 is 0 Å². The quantitative estimate of drug-likeness (QED) is 0.355. The molecule has 4 heteroatoms. The highest BCUT2D eigenvalue weighted by atomic mass is 16.3. The molecule has 0 atom stereocenters. The molecule has 1 aliphatic rings. The van der Waals surface area contributed by atoms with E-state index in [1.54, 1.807) is 12.2 Å². The van der Waals surface area contributed by atoms with Crippen LogP contribution in [0.5, 0.6) is 23.0 Å². The van der Waals surface area contributed by atoms with Crippen LogP contribution in [-0.2, 0) is 6.42 Å². The molecule has 4 nitrogen and oxygen atoms in total. The van der Waals surface area contributed by atoms with Crippen molar-refractivity contribution in [1.82, 2.24) is 0 Å². The lowest BCUT2D eigenvalue weighted by Crippen LogP contribution is -1.85. The van der Waals surface area contributed by atoms with Gasteiger partial charge in [0.25, 0.3) is 0 Å². The number of benzene rings is 1. The number of hydrogen-bond donors (Lipinski definition) is 4. The maximum atomic E-state index is 9.36. The Labute approximate surface area is 74.0 Å². The third-order valence-corrected chi connectivity index (χ3v) is 2.15. The number of fused-ring (bicyclic) bond motifs is 1. The molecule has 2 rings (SSSR count). The van der Waals surface area contributed by atoms with Crippen LogP contribution in [0.1, 0.15) is 11.1 Å². The van der Waals surface area contributed by atoms with Crippen molar-refractivity contribution >= 4 is 6.08 Å². The first-order chi connectivity index (χ1) is 6.13. The summed E-state index contributed by atoms with van der Waals surface area (Å²) in [5.41, 5.74) is 0.806. The van der Waals surface area contributed by atoms with Crippen LogP contribution in [0.25, 0.3) is 6.08 Å². The third kappa shape index (κ3) is 0.853. The van der Waals surface area contributed by atoms with Gasteiger partial charge in [0, 0.05) is 11.1 Å². The second-order valence-electron chi connectivity index (χ2n) is 2.89. The molecule has 1 aromatic carbocycles. The Hall–Kier alpha value is -1.84. The lowest BCUT2D eigenvalue weighted by Gasteiger charge is -2.09. The van der Waals surface area contributed by atoms with Gasteiger partial charge in [-0.25, -0.2) is 0 Å². The maximum absolute atomic E-state index is 9.36. The molecule has 1 aromatic rings. The SMILES string of the molecule is Oc1c(O)c(O)c2c(c1O)C=CC2. The van der Waals surface area contributed by atoms with Crippen LogP contribution in [0.15, 0.2) is 6.08 Å². The van der Waals surface area contributed by atoms with Gasteiger partial charge in [-0.15, -0.1) is 0 Å². The van der Waals surface area contributed by atoms with Crippen LogP contribution in [-0.4, -0.2) is 20.4 Å². The van der Waals surface area contributed by atoms with E-state index in [9.17, 15) is 10.2 Å². The van der Waals surface area contributed by atoms with Crippen molar-refractivity contribution in [2.45, 2.75) is 6.42 Å². The van der Waals surface area contributed by atoms with E-state index in [1.165, 1.54) is 0 Å². The summed E-state index contributed by atoms with van der Waals surface area (Å²) in [6.07, 6.45) is 3.76. The minimum atomic E-state index is -0.678. The summed E-state index contributed by atoms with van der Waals surface area (Å²) in [5, 5.41) is 37.0. The zero-order chi connectivity index (χ0) is 9.59. The molecule has 4 N–H and O–H groups in total. The smallest absolute Gasteiger partial charge is 0.204 e. The molecule has 0 unspecified atom stereocenters. The zero-order valence-electron chi connectivity index (χ0n) is 6.65. The highest BCUT2D eigenvalue weighted by molar-refractivity contribution is 5.76. The highest BCUT2D eigenvalue weighted by Gasteiger charge is 2.23. The second-order valence-corrected chi connectivity index (χ2v) is 2.89. The van der Waals surface area contributed by atoms with Crippen molar-refractivity contribution in [3.8, 4) is 23.0 Å². The number of phenols is 4. The Kier molecular flexibility index (Phi) is 1.39. The summed E-state index contributed by atoms with van der Waals surface area (Å²) in [6, 6.07) is 0. The van der Waals surface area contributed by atoms with E-state index in [2.05, 4.69) is 0 Å². The molecular weight excluding hydrogens is 172 g/mol. The Morgan fingerprint density at radius 1 is 0.846 bits per heavy atom. The fraction of sp³-hybridized carbons (Fsp3) is 0.111. The summed E-state index contributed by atoms with van der Waals surface area (Å²) >= 11 is 0. The van der Waals surface area contributed by atoms with Crippen molar-refractivity contribution in [3.05, 3.63) is 17.2 Å². The summed E-state index contributed by atoms with van der Waals surface area (Å²) in [7, 11) is 0. The van der Waals surface area contributed by atoms with Gasteiger partial charge >= 0.3 is 0 Å². The van der Waals surface area contributed by atoms with Crippen LogP contribution in [0.4, 0.5) is 0 Å². The number of aromatic hydroxyl groups is 4. The van der Waals surface area contributed by atoms with Crippen molar-refractivity contribution < 1.29 is 20.4 Å². The summed E-state index contributed by atoms with van der Waals surface area (Å²) in [4.78, 5) is 0. The van der Waals surface area contributed by atoms with Crippen LogP contribution < -0.4 is 0 Å². The molecule has 0 heterocycles. The minimum Gasteiger partial charge on any atom is -0.504 e. The van der Waals surface area contributed by atoms with E-state index in [1.807, 2.05) is 0 Å². The first kappa shape index (κ1) is 7.79. The van der Waals surface area contributed by atoms with Crippen LogP contribution in [0.3, 0.4) is 0 Å². The largest absolute Gasteiger partial charge is 0.504 e. The topological polar surface area (TPSA) is 80.9 Å². The standard InChI is InChI=1S/C9H8O4/c10-6-4-2-1-3-5(4)7(11)9(13)8(6)12/h1-2,10-13H,3H2. The average molecular weight is 180 g/mol. The Bertz CT molecular complexity index is 407. The van der Waals surface area contributed by atoms with Gasteiger partial charge in [-0.05, 0) is 6.42 Å². The Morgan fingerprint density at radius 3 is 2.15 bits per heavy atom. The predicted molar refractivity (Wildman–Crippen MR) is 45.8 cm³/mol. The van der Waals surface area contributed by atoms with Crippen molar-refractivity contribution in [2.75, 3.05) is 0 Å². The molecule has 0 spiro atoms. The van der Waals surface area contributed by atoms with Crippen molar-refractivity contribution in [2.24, 2.45) is 0 Å². The Balaban J connectivity index is 2.82. The minimum absolute atomic E-state index is 0.365. The molecule has 0 amide bonds. The first-order valence-corrected chi connectivity index (χ1v) is 3.78. The van der Waals surface area contributed by atoms with Crippen molar-refractivity contribution in [3.63, 3.8) is 0 Å². The first-order valence-electron chi connectivity index (χ1n) is 3.78. The third-order valence-electron chi connectivity index (χ3n) is 2.15. The van der Waals surface area contributed by atoms with Gasteiger partial charge in [0.2, 0.25) is 11.5 Å². The van der Waals surface area contributed by atoms with Gasteiger partial charge < -0.3 is 20.4 Å². The molecule has 13 heavy (non-hydrogen) atoms. The number of phenolic OH excluding ortho intramolecular Hbond substituents is 4. The molecule has 0 aromatic heterocycles. The molecule has 0 saturated carbocycles. The van der Waals surface area contributed by atoms with E-state index in [4.69, 9.17) is 10.2 Å². The number of allylic oxidation sites excluding steroid dienone is 1. The van der Waals surface area contributed by atoms with Crippen molar-refractivity contribution in [1.29, 1.82) is 0 Å². The molecule has 0 aliphatic heterocycles. The Morgan fingerprint density at radius 2 is 1.46 bits per heavy atom. The molecule has 0 bridgehead atoms. The zero-order valence-corrected chi connectivity index (χ0v) is 6.65. The average Bonchev–Trinajstić information content (AvgIpc) is 2.59. The molecule has 0 fully saturated rings. The van der Waals surface area contributed by atoms with E-state index in [0.29, 0.717) is 17.5 Å². The molecule has 68 valence electrons. The van der Waals surface area contributed by atoms with Crippen LogP contribution in [0, 0.1) is 0 Å². The second kappa shape index (κ2) is 2.32. The lowest BCUT2D eigenvalue weighted by molar-refractivity contribution is 0.343. The predicted octanol–water partition coefficient (Wildman–Crippen LogP) is 1.08. The fourth-order valence-electron chi connectivity index (χ4n) is 1.45. The molecule has 0 radical (unpaired) electrons. The van der Waals surface area contributed by atoms with Gasteiger partial charge in [-0.1, -0.05) is 12.2 Å². The molecule has 0 saturated heterocycles. The van der Waals surface area contributed by atoms with Gasteiger partial charge in [-0.3, -0.25) is 0 Å². The summed E-state index contributed by atoms with van der Waals surface area (Å²) in [5.74, 6) is -2.10. The molecule has 1 aliphatic carbocycles.